The molecule has 262 valence electrons. The second-order valence-corrected chi connectivity index (χ2v) is 14.4. The normalized spacial score (nSPS) is 12.8. The lowest BCUT2D eigenvalue weighted by molar-refractivity contribution is 0.692. The molecule has 0 fully saturated rings. The third-order valence-corrected chi connectivity index (χ3v) is 11.3. The fraction of sp³-hybridized carbons (Fsp3) is 0.0192. The van der Waals surface area contributed by atoms with Gasteiger partial charge in [-0.15, -0.1) is 0 Å². The molecule has 2 aromatic heterocycles. The van der Waals surface area contributed by atoms with E-state index in [1.165, 1.54) is 22.1 Å². The van der Waals surface area contributed by atoms with Crippen molar-refractivity contribution in [3.63, 3.8) is 0 Å². The van der Waals surface area contributed by atoms with Gasteiger partial charge in [-0.1, -0.05) is 170 Å². The first kappa shape index (κ1) is 32.0. The summed E-state index contributed by atoms with van der Waals surface area (Å²) in [5, 5.41) is 2.32. The van der Waals surface area contributed by atoms with Crippen molar-refractivity contribution in [1.29, 1.82) is 0 Å². The van der Waals surface area contributed by atoms with Crippen LogP contribution in [0.3, 0.4) is 0 Å². The van der Waals surface area contributed by atoms with Gasteiger partial charge in [0, 0.05) is 27.6 Å². The summed E-state index contributed by atoms with van der Waals surface area (Å²) < 4.78 is 2.34. The Morgan fingerprint density at radius 2 is 0.857 bits per heavy atom. The molecule has 4 heteroatoms. The summed E-state index contributed by atoms with van der Waals surface area (Å²) in [6.45, 7) is 0. The van der Waals surface area contributed by atoms with Crippen LogP contribution < -0.4 is 0 Å². The second-order valence-electron chi connectivity index (χ2n) is 14.4. The van der Waals surface area contributed by atoms with Crippen molar-refractivity contribution in [1.82, 2.24) is 19.5 Å². The van der Waals surface area contributed by atoms with Gasteiger partial charge in [-0.05, 0) is 75.3 Å². The highest BCUT2D eigenvalue weighted by Gasteiger charge is 2.48. The Hall–Kier alpha value is -7.43. The van der Waals surface area contributed by atoms with E-state index < -0.39 is 5.41 Å². The quantitative estimate of drug-likeness (QED) is 0.172. The van der Waals surface area contributed by atoms with E-state index in [4.69, 9.17) is 15.0 Å². The molecule has 0 radical (unpaired) electrons. The van der Waals surface area contributed by atoms with E-state index in [9.17, 15) is 0 Å². The highest BCUT2D eigenvalue weighted by atomic mass is 15.1. The molecule has 0 bridgehead atoms. The lowest BCUT2D eigenvalue weighted by Gasteiger charge is -2.32. The van der Waals surface area contributed by atoms with E-state index >= 15 is 0 Å². The van der Waals surface area contributed by atoms with E-state index in [1.807, 2.05) is 6.07 Å². The van der Waals surface area contributed by atoms with Crippen LogP contribution in [0.4, 0.5) is 0 Å². The van der Waals surface area contributed by atoms with Crippen molar-refractivity contribution in [2.45, 2.75) is 5.41 Å². The molecule has 0 saturated heterocycles. The molecular formula is C52H34N4. The molecule has 0 N–H and O–H groups in total. The third-order valence-electron chi connectivity index (χ3n) is 11.3. The fourth-order valence-electron chi connectivity index (χ4n) is 8.82. The van der Waals surface area contributed by atoms with Gasteiger partial charge in [0.05, 0.1) is 11.0 Å². The highest BCUT2D eigenvalue weighted by Crippen LogP contribution is 2.55. The summed E-state index contributed by atoms with van der Waals surface area (Å²) in [6.07, 6.45) is 0. The van der Waals surface area contributed by atoms with Gasteiger partial charge < -0.3 is 4.57 Å². The van der Waals surface area contributed by atoms with E-state index in [2.05, 4.69) is 205 Å². The SMILES string of the molecule is c1ccc(-c2ccc(-c3nc(-c4ccc5c(c4)c4ccccc4n5-c4ccccc4)nc(C4(c5ccccc5)c5ccccc5-c5ccccc54)n3)cc2)cc1. The second kappa shape index (κ2) is 12.9. The van der Waals surface area contributed by atoms with Crippen LogP contribution in [0.5, 0.6) is 0 Å². The van der Waals surface area contributed by atoms with Gasteiger partial charge in [0.2, 0.25) is 0 Å². The molecule has 56 heavy (non-hydrogen) atoms. The molecule has 4 nitrogen and oxygen atoms in total. The highest BCUT2D eigenvalue weighted by molar-refractivity contribution is 6.10. The van der Waals surface area contributed by atoms with Crippen molar-refractivity contribution in [3.05, 3.63) is 229 Å². The van der Waals surface area contributed by atoms with Crippen LogP contribution in [-0.4, -0.2) is 19.5 Å². The molecule has 0 saturated carbocycles. The van der Waals surface area contributed by atoms with E-state index in [0.29, 0.717) is 17.5 Å². The molecule has 0 aliphatic heterocycles. The summed E-state index contributed by atoms with van der Waals surface area (Å²) in [7, 11) is 0. The van der Waals surface area contributed by atoms with Gasteiger partial charge in [0.25, 0.3) is 0 Å². The van der Waals surface area contributed by atoms with Crippen LogP contribution in [-0.2, 0) is 5.41 Å². The zero-order valence-electron chi connectivity index (χ0n) is 30.4. The minimum absolute atomic E-state index is 0.632. The van der Waals surface area contributed by atoms with Gasteiger partial charge in [-0.3, -0.25) is 0 Å². The minimum atomic E-state index is -0.779. The molecular weight excluding hydrogens is 681 g/mol. The number of nitrogens with zero attached hydrogens (tertiary/aromatic N) is 4. The molecule has 1 aliphatic rings. The monoisotopic (exact) mass is 714 g/mol. The zero-order chi connectivity index (χ0) is 37.1. The van der Waals surface area contributed by atoms with Crippen LogP contribution in [0.25, 0.3) is 72.5 Å². The van der Waals surface area contributed by atoms with Crippen LogP contribution >= 0.6 is 0 Å². The number of aromatic nitrogens is 4. The summed E-state index contributed by atoms with van der Waals surface area (Å²) in [5.41, 5.74) is 12.6. The van der Waals surface area contributed by atoms with Crippen molar-refractivity contribution in [2.24, 2.45) is 0 Å². The first-order valence-electron chi connectivity index (χ1n) is 19.0. The fourth-order valence-corrected chi connectivity index (χ4v) is 8.82. The van der Waals surface area contributed by atoms with Crippen LogP contribution in [0.1, 0.15) is 22.5 Å². The predicted octanol–water partition coefficient (Wildman–Crippen LogP) is 12.3. The first-order valence-corrected chi connectivity index (χ1v) is 19.0. The van der Waals surface area contributed by atoms with Crippen LogP contribution in [0.2, 0.25) is 0 Å². The Labute approximate surface area is 325 Å². The van der Waals surface area contributed by atoms with Gasteiger partial charge in [0.15, 0.2) is 17.5 Å². The Kier molecular flexibility index (Phi) is 7.36. The zero-order valence-corrected chi connectivity index (χ0v) is 30.4. The van der Waals surface area contributed by atoms with Crippen LogP contribution in [0.15, 0.2) is 206 Å². The predicted molar refractivity (Wildman–Crippen MR) is 228 cm³/mol. The van der Waals surface area contributed by atoms with Crippen molar-refractivity contribution in [3.8, 4) is 50.7 Å². The molecule has 0 amide bonds. The number of hydrogen-bond donors (Lipinski definition) is 0. The Morgan fingerprint density at radius 1 is 0.357 bits per heavy atom. The molecule has 8 aromatic carbocycles. The van der Waals surface area contributed by atoms with Gasteiger partial charge in [-0.25, -0.2) is 15.0 Å². The summed E-state index contributed by atoms with van der Waals surface area (Å²) >= 11 is 0. The smallest absolute Gasteiger partial charge is 0.163 e. The van der Waals surface area contributed by atoms with E-state index in [0.717, 1.165) is 55.5 Å². The third kappa shape index (κ3) is 4.89. The molecule has 11 rings (SSSR count). The molecule has 2 heterocycles. The molecule has 1 aliphatic carbocycles. The number of hydrogen-bond acceptors (Lipinski definition) is 3. The standard InChI is InChI=1S/C52H34N4/c1-4-16-35(17-5-1)36-28-30-37(31-29-36)49-53-50(38-32-33-48-44(34-38)43-24-12-15-27-47(43)56(48)40-20-8-3-9-21-40)55-51(54-49)52(39-18-6-2-7-19-39)45-25-13-10-22-41(45)42-23-11-14-26-46(42)52/h1-34H. The maximum Gasteiger partial charge on any atom is 0.163 e. The number of benzene rings is 8. The molecule has 0 spiro atoms. The maximum atomic E-state index is 5.55. The van der Waals surface area contributed by atoms with Gasteiger partial charge >= 0.3 is 0 Å². The number of rotatable bonds is 6. The summed E-state index contributed by atoms with van der Waals surface area (Å²) in [5.74, 6) is 1.96. The van der Waals surface area contributed by atoms with E-state index in [1.54, 1.807) is 0 Å². The molecule has 0 unspecified atom stereocenters. The average molecular weight is 715 g/mol. The van der Waals surface area contributed by atoms with Gasteiger partial charge in [-0.2, -0.15) is 0 Å². The summed E-state index contributed by atoms with van der Waals surface area (Å²) in [6, 6.07) is 73.0. The van der Waals surface area contributed by atoms with Crippen LogP contribution in [0, 0.1) is 0 Å². The first-order chi connectivity index (χ1) is 27.8. The lowest BCUT2D eigenvalue weighted by Crippen LogP contribution is -2.31. The minimum Gasteiger partial charge on any atom is -0.309 e. The molecule has 0 atom stereocenters. The van der Waals surface area contributed by atoms with Crippen molar-refractivity contribution >= 4 is 21.8 Å². The summed E-state index contributed by atoms with van der Waals surface area (Å²) in [4.78, 5) is 16.3. The Balaban J connectivity index is 1.19. The van der Waals surface area contributed by atoms with Crippen molar-refractivity contribution in [2.75, 3.05) is 0 Å². The van der Waals surface area contributed by atoms with Crippen molar-refractivity contribution < 1.29 is 0 Å². The number of para-hydroxylation sites is 2. The maximum absolute atomic E-state index is 5.55. The van der Waals surface area contributed by atoms with E-state index in [-0.39, 0.29) is 0 Å². The topological polar surface area (TPSA) is 43.6 Å². The number of fused-ring (bicyclic) bond motifs is 6. The average Bonchev–Trinajstić information content (AvgIpc) is 3.78. The lowest BCUT2D eigenvalue weighted by atomic mass is 9.71. The molecule has 10 aromatic rings. The Morgan fingerprint density at radius 3 is 1.55 bits per heavy atom. The van der Waals surface area contributed by atoms with Gasteiger partial charge in [0.1, 0.15) is 5.41 Å². The Bertz CT molecular complexity index is 3010. The largest absolute Gasteiger partial charge is 0.309 e.